The molecule has 9 nitrogen and oxygen atoms in total. The van der Waals surface area contributed by atoms with Crippen molar-refractivity contribution in [3.8, 4) is 11.8 Å². The monoisotopic (exact) mass is 458 g/mol. The molecular weight excluding hydrogens is 432 g/mol. The van der Waals surface area contributed by atoms with E-state index >= 15 is 0 Å². The van der Waals surface area contributed by atoms with E-state index in [0.29, 0.717) is 23.5 Å². The Balaban J connectivity index is 1.39. The number of piperazine rings is 1. The van der Waals surface area contributed by atoms with E-state index in [2.05, 4.69) is 33.2 Å². The largest absolute Gasteiger partial charge is 0.465 e. The van der Waals surface area contributed by atoms with Crippen molar-refractivity contribution in [1.29, 1.82) is 5.26 Å². The SMILES string of the molecule is COC(=O)c1ccc(N2CCN(CC(=O)Nc3c(C#N)cnn3-c3ccccc3)C(C)C2)cc1. The van der Waals surface area contributed by atoms with Gasteiger partial charge in [0.05, 0.1) is 31.1 Å². The summed E-state index contributed by atoms with van der Waals surface area (Å²) >= 11 is 0. The van der Waals surface area contributed by atoms with Crippen LogP contribution in [0.4, 0.5) is 11.5 Å². The third-order valence-electron chi connectivity index (χ3n) is 5.91. The molecule has 3 aromatic rings. The zero-order valence-electron chi connectivity index (χ0n) is 19.1. The molecule has 1 aliphatic rings. The van der Waals surface area contributed by atoms with Gasteiger partial charge in [-0.1, -0.05) is 18.2 Å². The van der Waals surface area contributed by atoms with Crippen molar-refractivity contribution < 1.29 is 14.3 Å². The van der Waals surface area contributed by atoms with Gasteiger partial charge in [0.15, 0.2) is 5.82 Å². The van der Waals surface area contributed by atoms with Crippen LogP contribution in [0.1, 0.15) is 22.8 Å². The van der Waals surface area contributed by atoms with Gasteiger partial charge in [-0.3, -0.25) is 9.69 Å². The van der Waals surface area contributed by atoms with Crippen molar-refractivity contribution in [2.24, 2.45) is 0 Å². The Bertz CT molecular complexity index is 1200. The van der Waals surface area contributed by atoms with Gasteiger partial charge in [0, 0.05) is 31.4 Å². The molecule has 2 aromatic carbocycles. The summed E-state index contributed by atoms with van der Waals surface area (Å²) in [6.45, 7) is 4.49. The Labute approximate surface area is 198 Å². The van der Waals surface area contributed by atoms with Gasteiger partial charge < -0.3 is 15.0 Å². The maximum Gasteiger partial charge on any atom is 0.337 e. The Morgan fingerprint density at radius 3 is 2.50 bits per heavy atom. The smallest absolute Gasteiger partial charge is 0.337 e. The molecule has 1 fully saturated rings. The summed E-state index contributed by atoms with van der Waals surface area (Å²) in [7, 11) is 1.36. The molecule has 0 aliphatic carbocycles. The van der Waals surface area contributed by atoms with Gasteiger partial charge in [-0.15, -0.1) is 0 Å². The fourth-order valence-electron chi connectivity index (χ4n) is 4.06. The number of carbonyl (C=O) groups excluding carboxylic acids is 2. The molecule has 0 bridgehead atoms. The number of anilines is 2. The summed E-state index contributed by atoms with van der Waals surface area (Å²) in [6.07, 6.45) is 1.45. The summed E-state index contributed by atoms with van der Waals surface area (Å²) in [5, 5.41) is 16.6. The Hall–Kier alpha value is -4.16. The van der Waals surface area contributed by atoms with Crippen molar-refractivity contribution >= 4 is 23.4 Å². The van der Waals surface area contributed by atoms with Gasteiger partial charge in [0.1, 0.15) is 11.6 Å². The van der Waals surface area contributed by atoms with Gasteiger partial charge >= 0.3 is 5.97 Å². The summed E-state index contributed by atoms with van der Waals surface area (Å²) in [4.78, 5) is 28.9. The maximum absolute atomic E-state index is 12.9. The molecule has 1 saturated heterocycles. The molecule has 1 N–H and O–H groups in total. The van der Waals surface area contributed by atoms with E-state index in [0.717, 1.165) is 24.5 Å². The van der Waals surface area contributed by atoms with Gasteiger partial charge in [-0.05, 0) is 43.3 Å². The predicted molar refractivity (Wildman–Crippen MR) is 128 cm³/mol. The van der Waals surface area contributed by atoms with Crippen LogP contribution in [0.15, 0.2) is 60.8 Å². The number of nitriles is 1. The van der Waals surface area contributed by atoms with E-state index in [1.807, 2.05) is 42.5 Å². The predicted octanol–water partition coefficient (Wildman–Crippen LogP) is 2.68. The van der Waals surface area contributed by atoms with E-state index in [1.54, 1.807) is 16.8 Å². The van der Waals surface area contributed by atoms with Crippen molar-refractivity contribution in [1.82, 2.24) is 14.7 Å². The number of hydrogen-bond acceptors (Lipinski definition) is 7. The lowest BCUT2D eigenvalue weighted by Gasteiger charge is -2.40. The van der Waals surface area contributed by atoms with Crippen LogP contribution >= 0.6 is 0 Å². The number of nitrogens with one attached hydrogen (secondary N) is 1. The molecule has 0 spiro atoms. The first-order chi connectivity index (χ1) is 16.5. The zero-order chi connectivity index (χ0) is 24.1. The third-order valence-corrected chi connectivity index (χ3v) is 5.91. The number of nitrogens with zero attached hydrogens (tertiary/aromatic N) is 5. The third kappa shape index (κ3) is 4.92. The number of aromatic nitrogens is 2. The molecule has 1 atom stereocenters. The molecule has 1 aromatic heterocycles. The van der Waals surface area contributed by atoms with Crippen LogP contribution in [0.2, 0.25) is 0 Å². The van der Waals surface area contributed by atoms with Crippen molar-refractivity contribution in [2.45, 2.75) is 13.0 Å². The van der Waals surface area contributed by atoms with E-state index < -0.39 is 0 Å². The highest BCUT2D eigenvalue weighted by molar-refractivity contribution is 5.93. The molecular formula is C25H26N6O3. The fourth-order valence-corrected chi connectivity index (χ4v) is 4.06. The van der Waals surface area contributed by atoms with Gasteiger partial charge in [-0.25, -0.2) is 9.48 Å². The molecule has 34 heavy (non-hydrogen) atoms. The van der Waals surface area contributed by atoms with Crippen LogP contribution in [-0.4, -0.2) is 65.9 Å². The first kappa shape index (κ1) is 23.0. The van der Waals surface area contributed by atoms with E-state index in [-0.39, 0.29) is 24.5 Å². The number of methoxy groups -OCH3 is 1. The van der Waals surface area contributed by atoms with Crippen LogP contribution in [0.5, 0.6) is 0 Å². The van der Waals surface area contributed by atoms with Crippen LogP contribution in [0.3, 0.4) is 0 Å². The summed E-state index contributed by atoms with van der Waals surface area (Å²) in [6, 6.07) is 18.9. The quantitative estimate of drug-likeness (QED) is 0.567. The Morgan fingerprint density at radius 2 is 1.85 bits per heavy atom. The fraction of sp³-hybridized carbons (Fsp3) is 0.280. The lowest BCUT2D eigenvalue weighted by molar-refractivity contribution is -0.117. The average molecular weight is 459 g/mol. The minimum atomic E-state index is -0.357. The topological polar surface area (TPSA) is 103 Å². The Kier molecular flexibility index (Phi) is 6.90. The standard InChI is InChI=1S/C25H26N6O3/c1-18-16-30(21-10-8-19(9-11-21)25(33)34-2)13-12-29(18)17-23(32)28-24-20(14-26)15-27-31(24)22-6-4-3-5-7-22/h3-11,15,18H,12-13,16-17H2,1-2H3,(H,28,32). The van der Waals surface area contributed by atoms with Crippen molar-refractivity contribution in [3.05, 3.63) is 71.9 Å². The summed E-state index contributed by atoms with van der Waals surface area (Å²) in [5.74, 6) is -0.184. The average Bonchev–Trinajstić information content (AvgIpc) is 3.27. The van der Waals surface area contributed by atoms with E-state index in [9.17, 15) is 14.9 Å². The molecule has 0 saturated carbocycles. The zero-order valence-corrected chi connectivity index (χ0v) is 19.1. The molecule has 1 unspecified atom stereocenters. The second kappa shape index (κ2) is 10.2. The molecule has 4 rings (SSSR count). The lowest BCUT2D eigenvalue weighted by atomic mass is 10.1. The van der Waals surface area contributed by atoms with Gasteiger partial charge in [-0.2, -0.15) is 10.4 Å². The number of hydrogen-bond donors (Lipinski definition) is 1. The number of esters is 1. The molecule has 9 heteroatoms. The van der Waals surface area contributed by atoms with Gasteiger partial charge in [0.25, 0.3) is 0 Å². The van der Waals surface area contributed by atoms with Gasteiger partial charge in [0.2, 0.25) is 5.91 Å². The number of amides is 1. The van der Waals surface area contributed by atoms with Crippen LogP contribution in [0.25, 0.3) is 5.69 Å². The van der Waals surface area contributed by atoms with Crippen molar-refractivity contribution in [2.75, 3.05) is 43.5 Å². The number of ether oxygens (including phenoxy) is 1. The first-order valence-corrected chi connectivity index (χ1v) is 11.0. The number of carbonyl (C=O) groups is 2. The number of rotatable bonds is 6. The second-order valence-corrected chi connectivity index (χ2v) is 8.12. The molecule has 1 aliphatic heterocycles. The molecule has 174 valence electrons. The minimum Gasteiger partial charge on any atom is -0.465 e. The van der Waals surface area contributed by atoms with Crippen LogP contribution < -0.4 is 10.2 Å². The molecule has 0 radical (unpaired) electrons. The highest BCUT2D eigenvalue weighted by atomic mass is 16.5. The second-order valence-electron chi connectivity index (χ2n) is 8.12. The van der Waals surface area contributed by atoms with Crippen LogP contribution in [0, 0.1) is 11.3 Å². The summed E-state index contributed by atoms with van der Waals surface area (Å²) in [5.41, 5.74) is 2.61. The van der Waals surface area contributed by atoms with Crippen LogP contribution in [-0.2, 0) is 9.53 Å². The van der Waals surface area contributed by atoms with Crippen molar-refractivity contribution in [3.63, 3.8) is 0 Å². The van der Waals surface area contributed by atoms with E-state index in [1.165, 1.54) is 13.3 Å². The molecule has 1 amide bonds. The highest BCUT2D eigenvalue weighted by Gasteiger charge is 2.26. The van der Waals surface area contributed by atoms with E-state index in [4.69, 9.17) is 4.74 Å². The normalized spacial score (nSPS) is 16.0. The molecule has 2 heterocycles. The Morgan fingerprint density at radius 1 is 1.12 bits per heavy atom. The maximum atomic E-state index is 12.9. The first-order valence-electron chi connectivity index (χ1n) is 11.0. The summed E-state index contributed by atoms with van der Waals surface area (Å²) < 4.78 is 6.32. The highest BCUT2D eigenvalue weighted by Crippen LogP contribution is 2.22. The number of benzene rings is 2. The number of para-hydroxylation sites is 1. The minimum absolute atomic E-state index is 0.134. The lowest BCUT2D eigenvalue weighted by Crippen LogP contribution is -2.53.